The van der Waals surface area contributed by atoms with Crippen LogP contribution in [-0.4, -0.2) is 74.8 Å². The van der Waals surface area contributed by atoms with Gasteiger partial charge in [-0.3, -0.25) is 19.3 Å². The maximum absolute atomic E-state index is 13.0. The molecule has 2 fully saturated rings. The Bertz CT molecular complexity index is 865. The molecule has 2 aromatic heterocycles. The summed E-state index contributed by atoms with van der Waals surface area (Å²) in [6, 6.07) is 3.80. The van der Waals surface area contributed by atoms with E-state index >= 15 is 0 Å². The van der Waals surface area contributed by atoms with Crippen LogP contribution in [0.25, 0.3) is 0 Å². The summed E-state index contributed by atoms with van der Waals surface area (Å²) in [5, 5.41) is 4.18. The number of aromatic nitrogens is 3. The van der Waals surface area contributed by atoms with Gasteiger partial charge in [0.2, 0.25) is 5.91 Å². The number of amides is 2. The molecule has 30 heavy (non-hydrogen) atoms. The maximum atomic E-state index is 13.0. The predicted molar refractivity (Wildman–Crippen MR) is 107 cm³/mol. The van der Waals surface area contributed by atoms with Crippen LogP contribution in [0.2, 0.25) is 0 Å². The Kier molecular flexibility index (Phi) is 6.39. The van der Waals surface area contributed by atoms with Crippen LogP contribution < -0.4 is 0 Å². The van der Waals surface area contributed by atoms with E-state index in [1.165, 1.54) is 0 Å². The van der Waals surface area contributed by atoms with E-state index in [-0.39, 0.29) is 24.5 Å². The van der Waals surface area contributed by atoms with Crippen molar-refractivity contribution in [3.63, 3.8) is 0 Å². The number of hydrogen-bond acceptors (Lipinski definition) is 6. The highest BCUT2D eigenvalue weighted by Gasteiger charge is 2.35. The van der Waals surface area contributed by atoms with E-state index in [2.05, 4.69) is 10.1 Å². The predicted octanol–water partition coefficient (Wildman–Crippen LogP) is 0.750. The van der Waals surface area contributed by atoms with Crippen molar-refractivity contribution in [3.8, 4) is 0 Å². The molecular weight excluding hydrogens is 386 g/mol. The first-order chi connectivity index (χ1) is 14.6. The first kappa shape index (κ1) is 20.5. The minimum atomic E-state index is -0.457. The molecule has 4 heterocycles. The Hall–Kier alpha value is -2.78. The third-order valence-corrected chi connectivity index (χ3v) is 5.38. The van der Waals surface area contributed by atoms with Crippen LogP contribution in [0.1, 0.15) is 24.0 Å². The second kappa shape index (κ2) is 9.36. The van der Waals surface area contributed by atoms with E-state index in [9.17, 15) is 9.59 Å². The largest absolute Gasteiger partial charge is 0.370 e. The monoisotopic (exact) mass is 413 g/mol. The lowest BCUT2D eigenvalue weighted by molar-refractivity contribution is -0.145. The zero-order valence-electron chi connectivity index (χ0n) is 17.1. The minimum Gasteiger partial charge on any atom is -0.370 e. The normalized spacial score (nSPS) is 22.4. The lowest BCUT2D eigenvalue weighted by Gasteiger charge is -2.26. The zero-order chi connectivity index (χ0) is 20.9. The molecule has 0 bridgehead atoms. The fourth-order valence-electron chi connectivity index (χ4n) is 3.85. The number of rotatable bonds is 6. The van der Waals surface area contributed by atoms with Crippen LogP contribution in [-0.2, 0) is 39.3 Å². The van der Waals surface area contributed by atoms with Gasteiger partial charge in [-0.05, 0) is 24.5 Å². The molecule has 2 aromatic rings. The molecule has 2 aliphatic heterocycles. The average Bonchev–Trinajstić information content (AvgIpc) is 3.40. The number of carbonyl (C=O) groups is 2. The Morgan fingerprint density at radius 1 is 1.30 bits per heavy atom. The van der Waals surface area contributed by atoms with Crippen molar-refractivity contribution in [1.29, 1.82) is 0 Å². The van der Waals surface area contributed by atoms with Gasteiger partial charge in [-0.15, -0.1) is 0 Å². The fraction of sp³-hybridized carbons (Fsp3) is 0.524. The molecule has 4 rings (SSSR count). The van der Waals surface area contributed by atoms with E-state index < -0.39 is 6.10 Å². The third-order valence-electron chi connectivity index (χ3n) is 5.38. The van der Waals surface area contributed by atoms with Gasteiger partial charge in [-0.25, -0.2) is 0 Å². The topological polar surface area (TPSA) is 89.8 Å². The van der Waals surface area contributed by atoms with Crippen molar-refractivity contribution in [2.24, 2.45) is 7.05 Å². The first-order valence-corrected chi connectivity index (χ1v) is 10.2. The molecule has 9 nitrogen and oxygen atoms in total. The van der Waals surface area contributed by atoms with Gasteiger partial charge in [0.1, 0.15) is 6.10 Å². The van der Waals surface area contributed by atoms with Crippen molar-refractivity contribution in [3.05, 3.63) is 48.0 Å². The lowest BCUT2D eigenvalue weighted by atomic mass is 10.2. The van der Waals surface area contributed by atoms with Gasteiger partial charge in [0.25, 0.3) is 5.91 Å². The van der Waals surface area contributed by atoms with Crippen LogP contribution in [0.4, 0.5) is 0 Å². The molecular formula is C21H27N5O4. The van der Waals surface area contributed by atoms with Gasteiger partial charge in [0, 0.05) is 57.4 Å². The highest BCUT2D eigenvalue weighted by Crippen LogP contribution is 2.19. The molecule has 2 aliphatic rings. The second-order valence-corrected chi connectivity index (χ2v) is 7.81. The molecule has 0 aliphatic carbocycles. The molecule has 2 saturated heterocycles. The van der Waals surface area contributed by atoms with Crippen molar-refractivity contribution in [2.45, 2.75) is 38.2 Å². The maximum Gasteiger partial charge on any atom is 0.252 e. The fourth-order valence-corrected chi connectivity index (χ4v) is 3.85. The van der Waals surface area contributed by atoms with Gasteiger partial charge < -0.3 is 19.3 Å². The quantitative estimate of drug-likeness (QED) is 0.694. The summed E-state index contributed by atoms with van der Waals surface area (Å²) in [5.41, 5.74) is 1.89. The molecule has 9 heteroatoms. The number of aryl methyl sites for hydroxylation is 1. The SMILES string of the molecule is Cn1cc(CN2CC(OCc3cccnc3)CN(C(=O)C3CCCO3)CC2=O)cn1. The lowest BCUT2D eigenvalue weighted by Crippen LogP contribution is -2.44. The Balaban J connectivity index is 1.48. The Morgan fingerprint density at radius 3 is 2.90 bits per heavy atom. The summed E-state index contributed by atoms with van der Waals surface area (Å²) in [5.74, 6) is -0.225. The summed E-state index contributed by atoms with van der Waals surface area (Å²) < 4.78 is 13.4. The summed E-state index contributed by atoms with van der Waals surface area (Å²) in [6.07, 6.45) is 7.91. The standard InChI is InChI=1S/C21H27N5O4/c1-24-10-17(9-23-24)11-25-12-18(30-15-16-4-2-6-22-8-16)13-26(14-20(25)27)21(28)19-5-3-7-29-19/h2,4,6,8-10,18-19H,3,5,7,11-15H2,1H3. The van der Waals surface area contributed by atoms with Gasteiger partial charge >= 0.3 is 0 Å². The molecule has 0 spiro atoms. The number of ether oxygens (including phenoxy) is 2. The van der Waals surface area contributed by atoms with Crippen molar-refractivity contribution in [2.75, 3.05) is 26.2 Å². The Morgan fingerprint density at radius 2 is 2.20 bits per heavy atom. The van der Waals surface area contributed by atoms with E-state index in [0.29, 0.717) is 39.3 Å². The van der Waals surface area contributed by atoms with E-state index in [1.807, 2.05) is 25.4 Å². The van der Waals surface area contributed by atoms with Crippen LogP contribution in [0.15, 0.2) is 36.9 Å². The molecule has 0 aromatic carbocycles. The number of hydrogen-bond donors (Lipinski definition) is 0. The summed E-state index contributed by atoms with van der Waals surface area (Å²) >= 11 is 0. The van der Waals surface area contributed by atoms with Gasteiger partial charge in [0.15, 0.2) is 0 Å². The van der Waals surface area contributed by atoms with Crippen LogP contribution in [0.3, 0.4) is 0 Å². The second-order valence-electron chi connectivity index (χ2n) is 7.81. The smallest absolute Gasteiger partial charge is 0.252 e. The molecule has 2 atom stereocenters. The average molecular weight is 413 g/mol. The van der Waals surface area contributed by atoms with Crippen molar-refractivity contribution >= 4 is 11.8 Å². The summed E-state index contributed by atoms with van der Waals surface area (Å²) in [4.78, 5) is 33.4. The van der Waals surface area contributed by atoms with Gasteiger partial charge in [0.05, 0.1) is 25.5 Å². The molecule has 0 radical (unpaired) electrons. The number of pyridine rings is 1. The van der Waals surface area contributed by atoms with Crippen LogP contribution >= 0.6 is 0 Å². The third kappa shape index (κ3) is 5.03. The van der Waals surface area contributed by atoms with E-state index in [0.717, 1.165) is 17.5 Å². The van der Waals surface area contributed by atoms with Gasteiger partial charge in [-0.1, -0.05) is 6.07 Å². The first-order valence-electron chi connectivity index (χ1n) is 10.2. The molecule has 0 N–H and O–H groups in total. The van der Waals surface area contributed by atoms with Crippen LogP contribution in [0.5, 0.6) is 0 Å². The Labute approximate surface area is 175 Å². The van der Waals surface area contributed by atoms with Crippen molar-refractivity contribution < 1.29 is 19.1 Å². The molecule has 0 saturated carbocycles. The summed E-state index contributed by atoms with van der Waals surface area (Å²) in [6.45, 7) is 2.19. The van der Waals surface area contributed by atoms with Crippen LogP contribution in [0, 0.1) is 0 Å². The number of nitrogens with zero attached hydrogens (tertiary/aromatic N) is 5. The molecule has 2 unspecified atom stereocenters. The molecule has 160 valence electrons. The highest BCUT2D eigenvalue weighted by atomic mass is 16.5. The van der Waals surface area contributed by atoms with E-state index in [1.54, 1.807) is 33.1 Å². The molecule has 2 amide bonds. The van der Waals surface area contributed by atoms with E-state index in [4.69, 9.17) is 9.47 Å². The summed E-state index contributed by atoms with van der Waals surface area (Å²) in [7, 11) is 1.84. The van der Waals surface area contributed by atoms with Gasteiger partial charge in [-0.2, -0.15) is 5.10 Å². The van der Waals surface area contributed by atoms with Crippen molar-refractivity contribution in [1.82, 2.24) is 24.6 Å². The number of carbonyl (C=O) groups excluding carboxylic acids is 2. The zero-order valence-corrected chi connectivity index (χ0v) is 17.1. The minimum absolute atomic E-state index is 0.0334. The highest BCUT2D eigenvalue weighted by molar-refractivity contribution is 5.87.